The lowest BCUT2D eigenvalue weighted by Gasteiger charge is -2.04. The largest absolute Gasteiger partial charge is 0.212 e. The van der Waals surface area contributed by atoms with E-state index >= 15 is 0 Å². The molecule has 0 aliphatic carbocycles. The van der Waals surface area contributed by atoms with Crippen molar-refractivity contribution in [3.63, 3.8) is 0 Å². The van der Waals surface area contributed by atoms with E-state index in [1.165, 1.54) is 67.2 Å². The average Bonchev–Trinajstić information content (AvgIpc) is 3.24. The maximum absolute atomic E-state index is 7.41. The smallest absolute Gasteiger partial charge is 0.201 e. The zero-order valence-corrected chi connectivity index (χ0v) is 36.5. The minimum Gasteiger partial charge on any atom is -0.201 e. The molecule has 4 heteroatoms. The second-order valence-corrected chi connectivity index (χ2v) is 15.3. The van der Waals surface area contributed by atoms with E-state index in [9.17, 15) is 0 Å². The lowest BCUT2D eigenvalue weighted by molar-refractivity contribution is -0.660. The van der Waals surface area contributed by atoms with Gasteiger partial charge in [0, 0.05) is 73.9 Å². The Balaban J connectivity index is 0.000000157. The summed E-state index contributed by atoms with van der Waals surface area (Å²) in [6, 6.07) is 52.0. The molecule has 0 saturated carbocycles. The molecule has 4 aromatic heterocycles. The first kappa shape index (κ1) is 39.3. The summed E-state index contributed by atoms with van der Waals surface area (Å²) in [5.41, 5.74) is 17.9. The molecule has 0 spiro atoms. The van der Waals surface area contributed by atoms with E-state index in [0.29, 0.717) is 5.56 Å². The van der Waals surface area contributed by atoms with Gasteiger partial charge in [0.2, 0.25) is 22.8 Å². The quantitative estimate of drug-likeness (QED) is 0.158. The highest BCUT2D eigenvalue weighted by atomic mass is 14.9. The van der Waals surface area contributed by atoms with Crippen molar-refractivity contribution >= 4 is 0 Å². The summed E-state index contributed by atoms with van der Waals surface area (Å²) in [4.78, 5) is 0. The molecule has 59 heavy (non-hydrogen) atoms. The van der Waals surface area contributed by atoms with Gasteiger partial charge >= 0.3 is 0 Å². The van der Waals surface area contributed by atoms with E-state index in [-0.39, 0.29) is 0 Å². The first-order chi connectivity index (χ1) is 29.5. The second kappa shape index (κ2) is 20.8. The van der Waals surface area contributed by atoms with Crippen molar-refractivity contribution < 1.29 is 22.4 Å². The minimum atomic E-state index is -2.05. The van der Waals surface area contributed by atoms with Gasteiger partial charge in [-0.3, -0.25) is 0 Å². The van der Waals surface area contributed by atoms with E-state index in [4.69, 9.17) is 4.11 Å². The average molecular weight is 782 g/mol. The fourth-order valence-corrected chi connectivity index (χ4v) is 7.10. The van der Waals surface area contributed by atoms with Crippen molar-refractivity contribution in [2.75, 3.05) is 0 Å². The van der Waals surface area contributed by atoms with Gasteiger partial charge in [-0.15, -0.1) is 0 Å². The predicted molar refractivity (Wildman–Crippen MR) is 245 cm³/mol. The molecule has 8 rings (SSSR count). The summed E-state index contributed by atoms with van der Waals surface area (Å²) in [5, 5.41) is 0. The molecule has 0 fully saturated rings. The molecule has 4 aromatic carbocycles. The van der Waals surface area contributed by atoms with Gasteiger partial charge in [-0.05, 0) is 119 Å². The monoisotopic (exact) mass is 782 g/mol. The van der Waals surface area contributed by atoms with E-state index < -0.39 is 6.85 Å². The summed E-state index contributed by atoms with van der Waals surface area (Å²) in [7, 11) is 8.12. The van der Waals surface area contributed by atoms with Gasteiger partial charge in [-0.2, -0.15) is 0 Å². The molecule has 0 N–H and O–H groups in total. The van der Waals surface area contributed by atoms with Crippen molar-refractivity contribution in [2.45, 2.75) is 48.4 Å². The van der Waals surface area contributed by atoms with Crippen molar-refractivity contribution in [3.8, 4) is 45.0 Å². The normalized spacial score (nSPS) is 11.3. The Morgan fingerprint density at radius 2 is 0.695 bits per heavy atom. The number of aryl methyl sites for hydroxylation is 11. The summed E-state index contributed by atoms with van der Waals surface area (Å²) < 4.78 is 30.6. The number of hydrogen-bond acceptors (Lipinski definition) is 0. The zero-order chi connectivity index (χ0) is 45.0. The maximum atomic E-state index is 7.41. The molecular weight excluding hydrogens is 717 g/mol. The number of hydrogen-bond donors (Lipinski definition) is 0. The van der Waals surface area contributed by atoms with Crippen LogP contribution < -0.4 is 18.3 Å². The van der Waals surface area contributed by atoms with Crippen LogP contribution in [0.4, 0.5) is 0 Å². The Morgan fingerprint density at radius 3 is 1.12 bits per heavy atom. The van der Waals surface area contributed by atoms with Crippen LogP contribution in [0, 0.1) is 48.4 Å². The van der Waals surface area contributed by atoms with Gasteiger partial charge in [0.15, 0.2) is 24.8 Å². The predicted octanol–water partition coefficient (Wildman–Crippen LogP) is 10.9. The highest BCUT2D eigenvalue weighted by Gasteiger charge is 2.14. The molecular formula is C55H62N4+4. The first-order valence-corrected chi connectivity index (χ1v) is 20.2. The lowest BCUT2D eigenvalue weighted by Crippen LogP contribution is -2.30. The van der Waals surface area contributed by atoms with Crippen LogP contribution in [0.25, 0.3) is 45.0 Å². The molecule has 0 atom stereocenters. The standard InChI is InChI=1S/3C14H16N.C13H14N/c1-11-8-9-15(3)14(10-11)13-7-5-4-6-12(13)2;2*1-11-8-9-14(15(3)10-11)13-7-5-4-6-12(13)2;1-11-7-3-4-8-12(11)13-9-5-6-10-14(13)2/h3*4-10H,1-3H3;3-10H,1-2H3/q4*+1/i;1D3;;. The molecule has 0 aliphatic heterocycles. The fourth-order valence-electron chi connectivity index (χ4n) is 7.10. The molecule has 0 bridgehead atoms. The van der Waals surface area contributed by atoms with Crippen LogP contribution in [-0.2, 0) is 28.2 Å². The second-order valence-electron chi connectivity index (χ2n) is 15.3. The number of aromatic nitrogens is 4. The highest BCUT2D eigenvalue weighted by molar-refractivity contribution is 5.63. The Labute approximate surface area is 358 Å². The number of nitrogens with zero attached hydrogens (tertiary/aromatic N) is 4. The third kappa shape index (κ3) is 11.8. The summed E-state index contributed by atoms with van der Waals surface area (Å²) in [6.07, 6.45) is 8.01. The van der Waals surface area contributed by atoms with E-state index in [1.54, 1.807) is 12.3 Å². The van der Waals surface area contributed by atoms with Crippen LogP contribution in [0.5, 0.6) is 0 Å². The third-order valence-corrected chi connectivity index (χ3v) is 10.5. The van der Waals surface area contributed by atoms with Crippen LogP contribution in [0.1, 0.15) is 43.1 Å². The van der Waals surface area contributed by atoms with Crippen LogP contribution in [-0.4, -0.2) is 0 Å². The summed E-state index contributed by atoms with van der Waals surface area (Å²) in [6.45, 7) is 10.7. The molecule has 8 aromatic rings. The Bertz CT molecular complexity index is 2710. The Kier molecular flexibility index (Phi) is 13.8. The lowest BCUT2D eigenvalue weighted by atomic mass is 10.0. The molecule has 0 amide bonds. The molecule has 0 unspecified atom stereocenters. The van der Waals surface area contributed by atoms with Gasteiger partial charge in [0.1, 0.15) is 28.2 Å². The molecule has 0 aliphatic rings. The van der Waals surface area contributed by atoms with Crippen molar-refractivity contribution in [2.24, 2.45) is 28.2 Å². The van der Waals surface area contributed by atoms with E-state index in [2.05, 4.69) is 197 Å². The van der Waals surface area contributed by atoms with Gasteiger partial charge in [0.05, 0.1) is 0 Å². The van der Waals surface area contributed by atoms with Crippen LogP contribution in [0.15, 0.2) is 176 Å². The van der Waals surface area contributed by atoms with Gasteiger partial charge < -0.3 is 0 Å². The SMILES string of the molecule is Cc1cc[n+](C)c(-c2ccccc2C)c1.Cc1ccc(-c2ccccc2C)[n+](C)c1.Cc1ccccc1-c1cccc[n+]1C.[2H]C([2H])([2H])c1ccc(-c2ccccc2C)[n+](C)c1. The topological polar surface area (TPSA) is 15.5 Å². The fraction of sp³-hybridized carbons (Fsp3) is 0.200. The van der Waals surface area contributed by atoms with Crippen molar-refractivity contribution in [1.29, 1.82) is 0 Å². The Hall–Kier alpha value is -6.52. The molecule has 4 heterocycles. The molecule has 4 nitrogen and oxygen atoms in total. The van der Waals surface area contributed by atoms with E-state index in [1.807, 2.05) is 54.9 Å². The highest BCUT2D eigenvalue weighted by Crippen LogP contribution is 2.22. The van der Waals surface area contributed by atoms with E-state index in [0.717, 1.165) is 11.3 Å². The van der Waals surface area contributed by atoms with Crippen molar-refractivity contribution in [3.05, 3.63) is 215 Å². The van der Waals surface area contributed by atoms with Gasteiger partial charge in [-0.1, -0.05) is 72.8 Å². The molecule has 298 valence electrons. The summed E-state index contributed by atoms with van der Waals surface area (Å²) in [5.74, 6) is 0. The Morgan fingerprint density at radius 1 is 0.322 bits per heavy atom. The maximum Gasteiger partial charge on any atom is 0.212 e. The van der Waals surface area contributed by atoms with Gasteiger partial charge in [0.25, 0.3) is 0 Å². The first-order valence-electron chi connectivity index (χ1n) is 21.7. The molecule has 0 saturated heterocycles. The van der Waals surface area contributed by atoms with Crippen molar-refractivity contribution in [1.82, 2.24) is 0 Å². The van der Waals surface area contributed by atoms with Gasteiger partial charge in [-0.25, -0.2) is 18.3 Å². The zero-order valence-electron chi connectivity index (χ0n) is 39.5. The third-order valence-electron chi connectivity index (χ3n) is 10.5. The summed E-state index contributed by atoms with van der Waals surface area (Å²) >= 11 is 0. The molecule has 0 radical (unpaired) electrons. The number of pyridine rings is 4. The van der Waals surface area contributed by atoms with Crippen LogP contribution in [0.3, 0.4) is 0 Å². The minimum absolute atomic E-state index is 0.363. The number of benzene rings is 4. The van der Waals surface area contributed by atoms with Crippen LogP contribution in [0.2, 0.25) is 0 Å². The number of rotatable bonds is 4. The van der Waals surface area contributed by atoms with Crippen LogP contribution >= 0.6 is 0 Å².